The highest BCUT2D eigenvalue weighted by molar-refractivity contribution is 5.94. The second-order valence-electron chi connectivity index (χ2n) is 7.18. The van der Waals surface area contributed by atoms with Crippen LogP contribution in [0.3, 0.4) is 0 Å². The summed E-state index contributed by atoms with van der Waals surface area (Å²) in [5, 5.41) is 4.20. The lowest BCUT2D eigenvalue weighted by Crippen LogP contribution is -2.38. The Morgan fingerprint density at radius 1 is 1.15 bits per heavy atom. The van der Waals surface area contributed by atoms with Gasteiger partial charge >= 0.3 is 0 Å². The third-order valence-electron chi connectivity index (χ3n) is 5.49. The van der Waals surface area contributed by atoms with Gasteiger partial charge in [-0.1, -0.05) is 11.2 Å². The molecule has 3 heterocycles. The van der Waals surface area contributed by atoms with Crippen molar-refractivity contribution in [3.05, 3.63) is 41.5 Å². The molecule has 0 aliphatic carbocycles. The first-order valence-corrected chi connectivity index (χ1v) is 9.59. The van der Waals surface area contributed by atoms with Crippen molar-refractivity contribution < 1.29 is 18.8 Å². The number of likely N-dealkylation sites (tertiary alicyclic amines) is 1. The molecule has 27 heavy (non-hydrogen) atoms. The normalized spacial score (nSPS) is 19.2. The molecule has 2 fully saturated rings. The molecule has 1 aromatic heterocycles. The van der Waals surface area contributed by atoms with Crippen LogP contribution in [0.1, 0.15) is 59.6 Å². The number of ether oxygens (including phenoxy) is 2. The number of carbonyl (C=O) groups is 1. The highest BCUT2D eigenvalue weighted by Gasteiger charge is 2.29. The standard InChI is InChI=1S/C20H25N3O4/c1-25-17-4-2-3-16(13-17)20(24)23-9-5-15(6-10-23)19-21-18(22-27-19)14-7-11-26-12-8-14/h2-4,13-15H,5-12H2,1H3. The lowest BCUT2D eigenvalue weighted by Gasteiger charge is -2.30. The largest absolute Gasteiger partial charge is 0.497 e. The molecule has 0 bridgehead atoms. The van der Waals surface area contributed by atoms with E-state index in [2.05, 4.69) is 10.1 Å². The maximum absolute atomic E-state index is 12.7. The Kier molecular flexibility index (Phi) is 5.38. The maximum atomic E-state index is 12.7. The summed E-state index contributed by atoms with van der Waals surface area (Å²) in [6, 6.07) is 7.30. The van der Waals surface area contributed by atoms with Gasteiger partial charge in [-0.25, -0.2) is 0 Å². The molecule has 2 saturated heterocycles. The fourth-order valence-electron chi connectivity index (χ4n) is 3.80. The molecular weight excluding hydrogens is 346 g/mol. The smallest absolute Gasteiger partial charge is 0.253 e. The van der Waals surface area contributed by atoms with E-state index >= 15 is 0 Å². The van der Waals surface area contributed by atoms with Crippen LogP contribution in [0.4, 0.5) is 0 Å². The van der Waals surface area contributed by atoms with Crippen molar-refractivity contribution in [2.45, 2.75) is 37.5 Å². The van der Waals surface area contributed by atoms with Crippen molar-refractivity contribution in [1.29, 1.82) is 0 Å². The van der Waals surface area contributed by atoms with Gasteiger partial charge in [0.2, 0.25) is 5.89 Å². The van der Waals surface area contributed by atoms with Crippen molar-refractivity contribution in [2.75, 3.05) is 33.4 Å². The van der Waals surface area contributed by atoms with Gasteiger partial charge in [-0.15, -0.1) is 0 Å². The first-order chi connectivity index (χ1) is 13.2. The summed E-state index contributed by atoms with van der Waals surface area (Å²) >= 11 is 0. The van der Waals surface area contributed by atoms with Crippen LogP contribution in [0.15, 0.2) is 28.8 Å². The fourth-order valence-corrected chi connectivity index (χ4v) is 3.80. The summed E-state index contributed by atoms with van der Waals surface area (Å²) in [4.78, 5) is 19.3. The van der Waals surface area contributed by atoms with E-state index < -0.39 is 0 Å². The van der Waals surface area contributed by atoms with Crippen LogP contribution in [-0.2, 0) is 4.74 Å². The van der Waals surface area contributed by atoms with Gasteiger partial charge in [0, 0.05) is 43.7 Å². The number of aromatic nitrogens is 2. The lowest BCUT2D eigenvalue weighted by atomic mass is 9.95. The van der Waals surface area contributed by atoms with Gasteiger partial charge in [-0.2, -0.15) is 4.98 Å². The molecule has 1 aromatic carbocycles. The molecule has 0 saturated carbocycles. The molecule has 144 valence electrons. The van der Waals surface area contributed by atoms with Gasteiger partial charge < -0.3 is 18.9 Å². The number of benzene rings is 1. The summed E-state index contributed by atoms with van der Waals surface area (Å²) in [6.45, 7) is 2.91. The lowest BCUT2D eigenvalue weighted by molar-refractivity contribution is 0.0704. The van der Waals surface area contributed by atoms with Gasteiger partial charge in [-0.3, -0.25) is 4.79 Å². The Morgan fingerprint density at radius 3 is 2.67 bits per heavy atom. The van der Waals surface area contributed by atoms with Crippen molar-refractivity contribution in [3.63, 3.8) is 0 Å². The molecule has 2 aromatic rings. The van der Waals surface area contributed by atoms with Crippen LogP contribution in [0, 0.1) is 0 Å². The van der Waals surface area contributed by atoms with Crippen LogP contribution in [-0.4, -0.2) is 54.4 Å². The molecule has 1 amide bonds. The van der Waals surface area contributed by atoms with E-state index in [0.29, 0.717) is 36.2 Å². The molecule has 7 heteroatoms. The number of carbonyl (C=O) groups excluding carboxylic acids is 1. The predicted molar refractivity (Wildman–Crippen MR) is 98.0 cm³/mol. The summed E-state index contributed by atoms with van der Waals surface area (Å²) in [6.07, 6.45) is 3.58. The van der Waals surface area contributed by atoms with Crippen molar-refractivity contribution >= 4 is 5.91 Å². The summed E-state index contributed by atoms with van der Waals surface area (Å²) in [5.41, 5.74) is 0.660. The minimum absolute atomic E-state index is 0.0424. The topological polar surface area (TPSA) is 77.7 Å². The summed E-state index contributed by atoms with van der Waals surface area (Å²) in [5.74, 6) is 2.82. The highest BCUT2D eigenvalue weighted by Crippen LogP contribution is 2.30. The van der Waals surface area contributed by atoms with E-state index in [1.54, 1.807) is 13.2 Å². The van der Waals surface area contributed by atoms with Crippen molar-refractivity contribution in [1.82, 2.24) is 15.0 Å². The Bertz CT molecular complexity index is 777. The van der Waals surface area contributed by atoms with Crippen molar-refractivity contribution in [3.8, 4) is 5.75 Å². The summed E-state index contributed by atoms with van der Waals surface area (Å²) in [7, 11) is 1.61. The minimum atomic E-state index is 0.0424. The number of piperidine rings is 1. The van der Waals surface area contributed by atoms with E-state index in [1.165, 1.54) is 0 Å². The predicted octanol–water partition coefficient (Wildman–Crippen LogP) is 2.99. The second kappa shape index (κ2) is 8.08. The molecule has 0 radical (unpaired) electrons. The van der Waals surface area contributed by atoms with E-state index in [4.69, 9.17) is 14.0 Å². The zero-order chi connectivity index (χ0) is 18.6. The maximum Gasteiger partial charge on any atom is 0.253 e. The zero-order valence-electron chi connectivity index (χ0n) is 15.6. The van der Waals surface area contributed by atoms with E-state index in [0.717, 1.165) is 44.7 Å². The molecule has 0 spiro atoms. The highest BCUT2D eigenvalue weighted by atomic mass is 16.5. The first-order valence-electron chi connectivity index (χ1n) is 9.59. The molecule has 2 aliphatic rings. The quantitative estimate of drug-likeness (QED) is 0.822. The van der Waals surface area contributed by atoms with E-state index in [9.17, 15) is 4.79 Å². The van der Waals surface area contributed by atoms with E-state index in [1.807, 2.05) is 23.1 Å². The van der Waals surface area contributed by atoms with Gasteiger partial charge in [-0.05, 0) is 43.9 Å². The minimum Gasteiger partial charge on any atom is -0.497 e. The molecule has 7 nitrogen and oxygen atoms in total. The SMILES string of the molecule is COc1cccc(C(=O)N2CCC(c3nc(C4CCOCC4)no3)CC2)c1. The molecule has 2 aliphatic heterocycles. The first kappa shape index (κ1) is 18.0. The Hall–Kier alpha value is -2.41. The van der Waals surface area contributed by atoms with Crippen LogP contribution >= 0.6 is 0 Å². The van der Waals surface area contributed by atoms with Crippen LogP contribution in [0.2, 0.25) is 0 Å². The van der Waals surface area contributed by atoms with Gasteiger partial charge in [0.25, 0.3) is 5.91 Å². The Balaban J connectivity index is 1.36. The zero-order valence-corrected chi connectivity index (χ0v) is 15.6. The molecule has 0 atom stereocenters. The monoisotopic (exact) mass is 371 g/mol. The molecule has 0 unspecified atom stereocenters. The third-order valence-corrected chi connectivity index (χ3v) is 5.49. The van der Waals surface area contributed by atoms with E-state index in [-0.39, 0.29) is 11.8 Å². The average Bonchev–Trinajstić information content (AvgIpc) is 3.24. The third kappa shape index (κ3) is 3.98. The number of hydrogen-bond donors (Lipinski definition) is 0. The fraction of sp³-hybridized carbons (Fsp3) is 0.550. The number of rotatable bonds is 4. The Morgan fingerprint density at radius 2 is 1.93 bits per heavy atom. The van der Waals surface area contributed by atoms with Gasteiger partial charge in [0.1, 0.15) is 5.75 Å². The summed E-state index contributed by atoms with van der Waals surface area (Å²) < 4.78 is 16.2. The van der Waals surface area contributed by atoms with Crippen molar-refractivity contribution in [2.24, 2.45) is 0 Å². The number of hydrogen-bond acceptors (Lipinski definition) is 6. The van der Waals surface area contributed by atoms with Gasteiger partial charge in [0.05, 0.1) is 7.11 Å². The van der Waals surface area contributed by atoms with Gasteiger partial charge in [0.15, 0.2) is 5.82 Å². The number of methoxy groups -OCH3 is 1. The van der Waals surface area contributed by atoms with Crippen LogP contribution in [0.5, 0.6) is 5.75 Å². The molecular formula is C20H25N3O4. The average molecular weight is 371 g/mol. The Labute approximate surface area is 158 Å². The van der Waals surface area contributed by atoms with Crippen LogP contribution in [0.25, 0.3) is 0 Å². The number of nitrogens with zero attached hydrogens (tertiary/aromatic N) is 3. The molecule has 4 rings (SSSR count). The number of amides is 1. The second-order valence-corrected chi connectivity index (χ2v) is 7.18. The van der Waals surface area contributed by atoms with Crippen LogP contribution < -0.4 is 4.74 Å². The molecule has 0 N–H and O–H groups in total.